The Labute approximate surface area is 152 Å². The summed E-state index contributed by atoms with van der Waals surface area (Å²) in [5, 5.41) is 21.6. The smallest absolute Gasteiger partial charge is 0.273 e. The molecule has 2 N–H and O–H groups in total. The lowest BCUT2D eigenvalue weighted by atomic mass is 10.1. The molecule has 0 aliphatic carbocycles. The van der Waals surface area contributed by atoms with Gasteiger partial charge in [-0.1, -0.05) is 0 Å². The molecule has 0 bridgehead atoms. The highest BCUT2D eigenvalue weighted by Gasteiger charge is 2.30. The molecule has 1 aromatic carbocycles. The number of nitriles is 1. The zero-order chi connectivity index (χ0) is 17.7. The fourth-order valence-electron chi connectivity index (χ4n) is 1.92. The first-order valence-electron chi connectivity index (χ1n) is 6.99. The van der Waals surface area contributed by atoms with E-state index in [2.05, 4.69) is 26.2 Å². The van der Waals surface area contributed by atoms with Gasteiger partial charge in [0.15, 0.2) is 0 Å². The second-order valence-corrected chi connectivity index (χ2v) is 7.10. The topological polar surface area (TPSA) is 95.2 Å². The highest BCUT2D eigenvalue weighted by molar-refractivity contribution is 9.10. The Morgan fingerprint density at radius 3 is 2.96 bits per heavy atom. The predicted octanol–water partition coefficient (Wildman–Crippen LogP) is 2.46. The van der Waals surface area contributed by atoms with E-state index in [1.165, 1.54) is 18.7 Å². The third kappa shape index (κ3) is 4.38. The molecule has 0 saturated carbocycles. The number of nitrogens with one attached hydrogen (secondary N) is 1. The standard InChI is InChI=1S/C16H16BrN3O3S/c1-16(8-18,9-21)20-14(22)15(24-2)23-12-3-4-13-10(6-12)5-11(17)7-19-13/h3-7,15,21H,9H2,1-2H3,(H,20,22). The quantitative estimate of drug-likeness (QED) is 0.711. The third-order valence-corrected chi connectivity index (χ3v) is 4.42. The number of carbonyl (C=O) groups is 1. The largest absolute Gasteiger partial charge is 0.470 e. The van der Waals surface area contributed by atoms with E-state index in [9.17, 15) is 9.90 Å². The van der Waals surface area contributed by atoms with Crippen molar-refractivity contribution in [2.75, 3.05) is 12.9 Å². The summed E-state index contributed by atoms with van der Waals surface area (Å²) in [6, 6.07) is 9.10. The maximum absolute atomic E-state index is 12.3. The number of rotatable bonds is 6. The van der Waals surface area contributed by atoms with Crippen molar-refractivity contribution in [2.45, 2.75) is 17.9 Å². The summed E-state index contributed by atoms with van der Waals surface area (Å²) in [6.07, 6.45) is 3.44. The summed E-state index contributed by atoms with van der Waals surface area (Å²) in [7, 11) is 0. The second-order valence-electron chi connectivity index (χ2n) is 5.28. The molecule has 2 aromatic rings. The number of nitrogens with zero attached hydrogens (tertiary/aromatic N) is 2. The zero-order valence-electron chi connectivity index (χ0n) is 13.1. The van der Waals surface area contributed by atoms with Crippen molar-refractivity contribution in [2.24, 2.45) is 0 Å². The van der Waals surface area contributed by atoms with Crippen molar-refractivity contribution in [3.05, 3.63) is 34.9 Å². The van der Waals surface area contributed by atoms with Crippen LogP contribution in [0.25, 0.3) is 10.9 Å². The van der Waals surface area contributed by atoms with E-state index in [-0.39, 0.29) is 0 Å². The summed E-state index contributed by atoms with van der Waals surface area (Å²) >= 11 is 4.56. The molecule has 0 fully saturated rings. The van der Waals surface area contributed by atoms with Crippen LogP contribution in [0.1, 0.15) is 6.92 Å². The lowest BCUT2D eigenvalue weighted by molar-refractivity contribution is -0.126. The molecule has 1 heterocycles. The minimum atomic E-state index is -1.34. The maximum atomic E-state index is 12.3. The minimum absolute atomic E-state index is 0.479. The first-order chi connectivity index (χ1) is 11.4. The van der Waals surface area contributed by atoms with Gasteiger partial charge in [-0.25, -0.2) is 0 Å². The van der Waals surface area contributed by atoms with Crippen LogP contribution in [0.2, 0.25) is 0 Å². The average Bonchev–Trinajstić information content (AvgIpc) is 2.58. The molecule has 2 unspecified atom stereocenters. The Balaban J connectivity index is 2.18. The molecule has 0 saturated heterocycles. The molecule has 2 rings (SSSR count). The number of aromatic nitrogens is 1. The number of carbonyl (C=O) groups excluding carboxylic acids is 1. The number of aliphatic hydroxyl groups is 1. The Hall–Kier alpha value is -1.82. The van der Waals surface area contributed by atoms with Crippen LogP contribution in [0.15, 0.2) is 34.9 Å². The summed E-state index contributed by atoms with van der Waals surface area (Å²) in [5.41, 5.74) is -1.37. The van der Waals surface area contributed by atoms with Gasteiger partial charge in [0, 0.05) is 16.1 Å². The first-order valence-corrected chi connectivity index (χ1v) is 9.08. The van der Waals surface area contributed by atoms with Gasteiger partial charge in [-0.2, -0.15) is 5.26 Å². The zero-order valence-corrected chi connectivity index (χ0v) is 15.5. The van der Waals surface area contributed by atoms with E-state index in [4.69, 9.17) is 10.00 Å². The molecule has 0 spiro atoms. The normalized spacial score (nSPS) is 14.5. The van der Waals surface area contributed by atoms with Crippen LogP contribution in [0.5, 0.6) is 5.75 Å². The molecule has 1 amide bonds. The van der Waals surface area contributed by atoms with Crippen LogP contribution < -0.4 is 10.1 Å². The molecule has 126 valence electrons. The summed E-state index contributed by atoms with van der Waals surface area (Å²) in [5.74, 6) is 0.0348. The molecule has 6 nitrogen and oxygen atoms in total. The SMILES string of the molecule is CSC(Oc1ccc2ncc(Br)cc2c1)C(=O)NC(C)(C#N)CO. The van der Waals surface area contributed by atoms with Crippen molar-refractivity contribution in [3.8, 4) is 11.8 Å². The Kier molecular flexibility index (Phi) is 6.04. The lowest BCUT2D eigenvalue weighted by Gasteiger charge is -2.24. The molecular formula is C16H16BrN3O3S. The Bertz CT molecular complexity index is 796. The van der Waals surface area contributed by atoms with E-state index in [1.807, 2.05) is 12.1 Å². The van der Waals surface area contributed by atoms with Crippen LogP contribution in [0.4, 0.5) is 0 Å². The maximum Gasteiger partial charge on any atom is 0.273 e. The van der Waals surface area contributed by atoms with Gasteiger partial charge in [0.1, 0.15) is 11.3 Å². The molecule has 1 aromatic heterocycles. The summed E-state index contributed by atoms with van der Waals surface area (Å²) < 4.78 is 6.57. The Morgan fingerprint density at radius 2 is 2.33 bits per heavy atom. The van der Waals surface area contributed by atoms with E-state index in [1.54, 1.807) is 30.7 Å². The van der Waals surface area contributed by atoms with Crippen LogP contribution in [0, 0.1) is 11.3 Å². The monoisotopic (exact) mass is 409 g/mol. The van der Waals surface area contributed by atoms with Gasteiger partial charge in [-0.15, -0.1) is 11.8 Å². The molecule has 0 radical (unpaired) electrons. The molecule has 8 heteroatoms. The molecule has 0 aliphatic heterocycles. The fourth-order valence-corrected chi connectivity index (χ4v) is 2.75. The lowest BCUT2D eigenvalue weighted by Crippen LogP contribution is -2.51. The van der Waals surface area contributed by atoms with Gasteiger partial charge in [-0.3, -0.25) is 9.78 Å². The highest BCUT2D eigenvalue weighted by atomic mass is 79.9. The van der Waals surface area contributed by atoms with Gasteiger partial charge < -0.3 is 15.2 Å². The molecule has 24 heavy (non-hydrogen) atoms. The molecule has 2 atom stereocenters. The number of pyridine rings is 1. The molecular weight excluding hydrogens is 394 g/mol. The number of hydrogen-bond acceptors (Lipinski definition) is 6. The van der Waals surface area contributed by atoms with Crippen molar-refractivity contribution in [1.29, 1.82) is 5.26 Å². The number of benzene rings is 1. The highest BCUT2D eigenvalue weighted by Crippen LogP contribution is 2.24. The van der Waals surface area contributed by atoms with Gasteiger partial charge in [0.05, 0.1) is 18.2 Å². The van der Waals surface area contributed by atoms with E-state index in [0.717, 1.165) is 15.4 Å². The second kappa shape index (κ2) is 7.83. The number of fused-ring (bicyclic) bond motifs is 1. The number of amides is 1. The van der Waals surface area contributed by atoms with E-state index >= 15 is 0 Å². The summed E-state index contributed by atoms with van der Waals surface area (Å²) in [6.45, 7) is 0.966. The third-order valence-electron chi connectivity index (χ3n) is 3.25. The van der Waals surface area contributed by atoms with Crippen LogP contribution in [-0.4, -0.2) is 39.8 Å². The van der Waals surface area contributed by atoms with Crippen LogP contribution in [-0.2, 0) is 4.79 Å². The number of thioether (sulfide) groups is 1. The Morgan fingerprint density at radius 1 is 1.58 bits per heavy atom. The van der Waals surface area contributed by atoms with Gasteiger partial charge in [0.25, 0.3) is 5.91 Å². The van der Waals surface area contributed by atoms with Crippen molar-refractivity contribution in [3.63, 3.8) is 0 Å². The predicted molar refractivity (Wildman–Crippen MR) is 96.6 cm³/mol. The van der Waals surface area contributed by atoms with Gasteiger partial charge in [-0.05, 0) is 53.4 Å². The minimum Gasteiger partial charge on any atom is -0.470 e. The van der Waals surface area contributed by atoms with Gasteiger partial charge in [0.2, 0.25) is 5.44 Å². The van der Waals surface area contributed by atoms with E-state index in [0.29, 0.717) is 5.75 Å². The van der Waals surface area contributed by atoms with Crippen LogP contribution >= 0.6 is 27.7 Å². The first kappa shape index (κ1) is 18.5. The average molecular weight is 410 g/mol. The van der Waals surface area contributed by atoms with Crippen molar-refractivity contribution < 1.29 is 14.6 Å². The number of aliphatic hydroxyl groups excluding tert-OH is 1. The fraction of sp³-hybridized carbons (Fsp3) is 0.312. The number of ether oxygens (including phenoxy) is 1. The number of hydrogen-bond donors (Lipinski definition) is 2. The van der Waals surface area contributed by atoms with Crippen LogP contribution in [0.3, 0.4) is 0 Å². The molecule has 0 aliphatic rings. The van der Waals surface area contributed by atoms with E-state index < -0.39 is 23.5 Å². The number of halogens is 1. The van der Waals surface area contributed by atoms with Crippen molar-refractivity contribution >= 4 is 44.5 Å². The summed E-state index contributed by atoms with van der Waals surface area (Å²) in [4.78, 5) is 16.6. The van der Waals surface area contributed by atoms with Crippen molar-refractivity contribution in [1.82, 2.24) is 10.3 Å². The van der Waals surface area contributed by atoms with Gasteiger partial charge >= 0.3 is 0 Å².